The first-order valence-electron chi connectivity index (χ1n) is 9.26. The van der Waals surface area contributed by atoms with Crippen LogP contribution in [-0.2, 0) is 0 Å². The van der Waals surface area contributed by atoms with Gasteiger partial charge in [0.2, 0.25) is 0 Å². The molecule has 0 bridgehead atoms. The Labute approximate surface area is 163 Å². The predicted molar refractivity (Wildman–Crippen MR) is 105 cm³/mol. The third-order valence-corrected chi connectivity index (χ3v) is 6.26. The molecular weight excluding hydrogens is 367 g/mol. The van der Waals surface area contributed by atoms with Gasteiger partial charge in [0.05, 0.1) is 11.8 Å². The lowest BCUT2D eigenvalue weighted by Crippen LogP contribution is -2.54. The fraction of sp³-hybridized carbons (Fsp3) is 0.381. The molecule has 5 heteroatoms. The summed E-state index contributed by atoms with van der Waals surface area (Å²) >= 11 is 12.3. The number of fused-ring (bicyclic) bond motifs is 4. The van der Waals surface area contributed by atoms with Crippen LogP contribution in [0.3, 0.4) is 0 Å². The van der Waals surface area contributed by atoms with Crippen LogP contribution in [0, 0.1) is 0 Å². The molecule has 0 unspecified atom stereocenters. The molecule has 2 aromatic rings. The van der Waals surface area contributed by atoms with Crippen molar-refractivity contribution < 1.29 is 4.74 Å². The lowest BCUT2D eigenvalue weighted by molar-refractivity contribution is -0.140. The SMILES string of the molecule is Clc1ccc(C2=NN3[C@@H](C2)c2cc(Cl)ccc2OC32CCCCC2)cc1. The van der Waals surface area contributed by atoms with Crippen LogP contribution in [-0.4, -0.2) is 16.4 Å². The molecular formula is C21H20Cl2N2O. The first-order chi connectivity index (χ1) is 12.6. The fourth-order valence-electron chi connectivity index (χ4n) is 4.50. The second kappa shape index (κ2) is 6.17. The molecule has 1 aliphatic carbocycles. The zero-order valence-electron chi connectivity index (χ0n) is 14.4. The lowest BCUT2D eigenvalue weighted by atomic mass is 9.86. The van der Waals surface area contributed by atoms with Gasteiger partial charge in [0.25, 0.3) is 0 Å². The molecule has 0 aromatic heterocycles. The van der Waals surface area contributed by atoms with Gasteiger partial charge in [-0.25, -0.2) is 5.01 Å². The van der Waals surface area contributed by atoms with E-state index in [1.54, 1.807) is 0 Å². The van der Waals surface area contributed by atoms with Crippen LogP contribution in [0.25, 0.3) is 0 Å². The third-order valence-electron chi connectivity index (χ3n) is 5.77. The van der Waals surface area contributed by atoms with E-state index in [2.05, 4.69) is 5.01 Å². The summed E-state index contributed by atoms with van der Waals surface area (Å²) in [5.41, 5.74) is 3.03. The second-order valence-corrected chi connectivity index (χ2v) is 8.28. The average Bonchev–Trinajstić information content (AvgIpc) is 3.11. The molecule has 0 amide bonds. The highest BCUT2D eigenvalue weighted by atomic mass is 35.5. The van der Waals surface area contributed by atoms with Crippen LogP contribution >= 0.6 is 23.2 Å². The van der Waals surface area contributed by atoms with E-state index in [-0.39, 0.29) is 11.8 Å². The number of hydrazone groups is 1. The van der Waals surface area contributed by atoms with Gasteiger partial charge in [-0.1, -0.05) is 41.8 Å². The van der Waals surface area contributed by atoms with Crippen molar-refractivity contribution in [3.63, 3.8) is 0 Å². The molecule has 3 nitrogen and oxygen atoms in total. The van der Waals surface area contributed by atoms with E-state index in [0.29, 0.717) is 0 Å². The van der Waals surface area contributed by atoms with Crippen LogP contribution in [0.5, 0.6) is 5.75 Å². The molecule has 2 heterocycles. The highest BCUT2D eigenvalue weighted by Crippen LogP contribution is 2.51. The van der Waals surface area contributed by atoms with Crippen LogP contribution in [0.15, 0.2) is 47.6 Å². The van der Waals surface area contributed by atoms with Crippen molar-refractivity contribution in [2.75, 3.05) is 0 Å². The minimum atomic E-state index is -0.322. The number of hydrogen-bond donors (Lipinski definition) is 0. The van der Waals surface area contributed by atoms with Crippen molar-refractivity contribution in [2.45, 2.75) is 50.3 Å². The van der Waals surface area contributed by atoms with Gasteiger partial charge < -0.3 is 4.74 Å². The van der Waals surface area contributed by atoms with E-state index >= 15 is 0 Å². The van der Waals surface area contributed by atoms with Crippen molar-refractivity contribution in [3.05, 3.63) is 63.6 Å². The summed E-state index contributed by atoms with van der Waals surface area (Å²) < 4.78 is 6.57. The zero-order valence-corrected chi connectivity index (χ0v) is 15.9. The normalized spacial score (nSPS) is 23.2. The van der Waals surface area contributed by atoms with Crippen molar-refractivity contribution in [1.29, 1.82) is 0 Å². The number of rotatable bonds is 1. The number of nitrogens with zero attached hydrogens (tertiary/aromatic N) is 2. The highest BCUT2D eigenvalue weighted by molar-refractivity contribution is 6.31. The van der Waals surface area contributed by atoms with Crippen LogP contribution < -0.4 is 4.74 Å². The van der Waals surface area contributed by atoms with Crippen molar-refractivity contribution in [1.82, 2.24) is 5.01 Å². The van der Waals surface area contributed by atoms with Crippen molar-refractivity contribution >= 4 is 28.9 Å². The van der Waals surface area contributed by atoms with E-state index in [9.17, 15) is 0 Å². The van der Waals surface area contributed by atoms with E-state index < -0.39 is 0 Å². The van der Waals surface area contributed by atoms with Gasteiger partial charge in [-0.3, -0.25) is 0 Å². The molecule has 26 heavy (non-hydrogen) atoms. The van der Waals surface area contributed by atoms with Crippen LogP contribution in [0.4, 0.5) is 0 Å². The molecule has 1 fully saturated rings. The molecule has 1 spiro atoms. The molecule has 0 saturated heterocycles. The van der Waals surface area contributed by atoms with Crippen molar-refractivity contribution in [2.24, 2.45) is 5.10 Å². The Hall–Kier alpha value is -1.71. The Balaban J connectivity index is 1.60. The molecule has 0 N–H and O–H groups in total. The Morgan fingerprint density at radius 3 is 2.46 bits per heavy atom. The van der Waals surface area contributed by atoms with Gasteiger partial charge in [-0.15, -0.1) is 0 Å². The minimum absolute atomic E-state index is 0.182. The van der Waals surface area contributed by atoms with Crippen molar-refractivity contribution in [3.8, 4) is 5.75 Å². The standard InChI is InChI=1S/C21H20Cl2N2O/c22-15-6-4-14(5-7-15)18-13-19-17-12-16(23)8-9-20(17)26-21(25(19)24-18)10-2-1-3-11-21/h4-9,12,19H,1-3,10-11,13H2/t19-/m0/s1. The smallest absolute Gasteiger partial charge is 0.198 e. The average molecular weight is 387 g/mol. The summed E-state index contributed by atoms with van der Waals surface area (Å²) in [5.74, 6) is 0.963. The maximum atomic E-state index is 6.57. The monoisotopic (exact) mass is 386 g/mol. The summed E-state index contributed by atoms with van der Waals surface area (Å²) in [7, 11) is 0. The maximum Gasteiger partial charge on any atom is 0.198 e. The molecule has 1 saturated carbocycles. The third kappa shape index (κ3) is 2.60. The minimum Gasteiger partial charge on any atom is -0.466 e. The van der Waals surface area contributed by atoms with E-state index in [4.69, 9.17) is 33.0 Å². The van der Waals surface area contributed by atoms with E-state index in [0.717, 1.165) is 51.9 Å². The van der Waals surface area contributed by atoms with Gasteiger partial charge >= 0.3 is 0 Å². The summed E-state index contributed by atoms with van der Waals surface area (Å²) in [6, 6.07) is 14.1. The lowest BCUT2D eigenvalue weighted by Gasteiger charge is -2.49. The Morgan fingerprint density at radius 1 is 0.962 bits per heavy atom. The molecule has 134 valence electrons. The van der Waals surface area contributed by atoms with Gasteiger partial charge in [0.15, 0.2) is 5.72 Å². The number of halogens is 2. The molecule has 1 atom stereocenters. The number of benzene rings is 2. The Morgan fingerprint density at radius 2 is 1.69 bits per heavy atom. The van der Waals surface area contributed by atoms with Crippen LogP contribution in [0.2, 0.25) is 10.0 Å². The largest absolute Gasteiger partial charge is 0.466 e. The van der Waals surface area contributed by atoms with E-state index in [1.165, 1.54) is 19.3 Å². The Kier molecular flexibility index (Phi) is 3.91. The molecule has 2 aromatic carbocycles. The topological polar surface area (TPSA) is 24.8 Å². The summed E-state index contributed by atoms with van der Waals surface area (Å²) in [4.78, 5) is 0. The number of ether oxygens (including phenoxy) is 1. The summed E-state index contributed by atoms with van der Waals surface area (Å²) in [6.07, 6.45) is 6.52. The summed E-state index contributed by atoms with van der Waals surface area (Å²) in [6.45, 7) is 0. The second-order valence-electron chi connectivity index (χ2n) is 7.41. The quantitative estimate of drug-likeness (QED) is 0.582. The molecule has 3 aliphatic rings. The molecule has 0 radical (unpaired) electrons. The van der Waals surface area contributed by atoms with Gasteiger partial charge in [-0.2, -0.15) is 5.10 Å². The Bertz CT molecular complexity index is 872. The predicted octanol–water partition coefficient (Wildman–Crippen LogP) is 6.20. The maximum absolute atomic E-state index is 6.57. The fourth-order valence-corrected chi connectivity index (χ4v) is 4.81. The molecule has 5 rings (SSSR count). The first kappa shape index (κ1) is 16.5. The van der Waals surface area contributed by atoms with Gasteiger partial charge in [0.1, 0.15) is 5.75 Å². The van der Waals surface area contributed by atoms with Gasteiger partial charge in [0, 0.05) is 34.9 Å². The van der Waals surface area contributed by atoms with Gasteiger partial charge in [-0.05, 0) is 48.7 Å². The first-order valence-corrected chi connectivity index (χ1v) is 10.0. The summed E-state index contributed by atoms with van der Waals surface area (Å²) in [5, 5.41) is 8.77. The highest BCUT2D eigenvalue weighted by Gasteiger charge is 2.50. The van der Waals surface area contributed by atoms with E-state index in [1.807, 2.05) is 42.5 Å². The van der Waals surface area contributed by atoms with Crippen LogP contribution in [0.1, 0.15) is 55.7 Å². The zero-order chi connectivity index (χ0) is 17.7. The number of hydrogen-bond acceptors (Lipinski definition) is 3. The molecule has 2 aliphatic heterocycles.